The molecule has 1 aromatic rings. The molecular weight excluding hydrogens is 144 g/mol. The quantitative estimate of drug-likeness (QED) is 0.634. The van der Waals surface area contributed by atoms with Crippen molar-refractivity contribution in [1.82, 2.24) is 0 Å². The highest BCUT2D eigenvalue weighted by atomic mass is 14.0. The fourth-order valence-corrected chi connectivity index (χ4v) is 1.28. The number of hydrogen-bond donors (Lipinski definition) is 0. The Morgan fingerprint density at radius 3 is 1.42 bits per heavy atom. The van der Waals surface area contributed by atoms with Gasteiger partial charge in [0.2, 0.25) is 0 Å². The molecule has 0 heteroatoms. The number of hydrogen-bond acceptors (Lipinski definition) is 0. The summed E-state index contributed by atoms with van der Waals surface area (Å²) in [6, 6.07) is 8.83. The molecule has 0 aliphatic rings. The van der Waals surface area contributed by atoms with Crippen LogP contribution in [0.2, 0.25) is 0 Å². The van der Waals surface area contributed by atoms with E-state index in [1.54, 1.807) is 0 Å². The zero-order valence-corrected chi connectivity index (χ0v) is 7.88. The molecule has 2 radical (unpaired) electrons. The summed E-state index contributed by atoms with van der Waals surface area (Å²) in [6.07, 6.45) is 6.52. The molecule has 64 valence electrons. The minimum Gasteiger partial charge on any atom is -0.0619 e. The largest absolute Gasteiger partial charge is 0.0619 e. The zero-order valence-electron chi connectivity index (χ0n) is 7.88. The maximum Gasteiger partial charge on any atom is -0.0250 e. The van der Waals surface area contributed by atoms with E-state index in [9.17, 15) is 0 Å². The van der Waals surface area contributed by atoms with Crippen LogP contribution in [0.1, 0.15) is 25.0 Å². The van der Waals surface area contributed by atoms with Gasteiger partial charge >= 0.3 is 0 Å². The smallest absolute Gasteiger partial charge is 0.0250 e. The third-order valence-electron chi connectivity index (χ3n) is 1.90. The lowest BCUT2D eigenvalue weighted by molar-refractivity contribution is 1.11. The van der Waals surface area contributed by atoms with Crippen LogP contribution >= 0.6 is 0 Å². The predicted molar refractivity (Wildman–Crippen MR) is 53.8 cm³/mol. The van der Waals surface area contributed by atoms with Crippen molar-refractivity contribution in [2.45, 2.75) is 26.7 Å². The van der Waals surface area contributed by atoms with E-state index >= 15 is 0 Å². The van der Waals surface area contributed by atoms with Gasteiger partial charge in [-0.05, 0) is 36.8 Å². The Morgan fingerprint density at radius 1 is 0.833 bits per heavy atom. The highest BCUT2D eigenvalue weighted by Crippen LogP contribution is 2.07. The van der Waals surface area contributed by atoms with Crippen molar-refractivity contribution in [2.75, 3.05) is 0 Å². The van der Waals surface area contributed by atoms with Crippen molar-refractivity contribution in [3.63, 3.8) is 0 Å². The molecule has 0 N–H and O–H groups in total. The van der Waals surface area contributed by atoms with E-state index in [1.165, 1.54) is 11.1 Å². The number of rotatable bonds is 4. The minimum atomic E-state index is 1.08. The van der Waals surface area contributed by atoms with Crippen LogP contribution in [0.4, 0.5) is 0 Å². The average molecular weight is 160 g/mol. The molecule has 0 aromatic heterocycles. The van der Waals surface area contributed by atoms with Gasteiger partial charge in [-0.1, -0.05) is 38.1 Å². The summed E-state index contributed by atoms with van der Waals surface area (Å²) < 4.78 is 0. The second-order valence-electron chi connectivity index (χ2n) is 3.04. The summed E-state index contributed by atoms with van der Waals surface area (Å²) in [5.41, 5.74) is 2.80. The fourth-order valence-electron chi connectivity index (χ4n) is 1.28. The third kappa shape index (κ3) is 2.69. The van der Waals surface area contributed by atoms with E-state index in [1.807, 2.05) is 0 Å². The molecule has 0 amide bonds. The first-order valence-electron chi connectivity index (χ1n) is 4.50. The summed E-state index contributed by atoms with van der Waals surface area (Å²) in [4.78, 5) is 0. The Hall–Kier alpha value is -0.780. The molecule has 0 heterocycles. The van der Waals surface area contributed by atoms with Gasteiger partial charge in [0, 0.05) is 0 Å². The van der Waals surface area contributed by atoms with Crippen LogP contribution in [0.15, 0.2) is 24.3 Å². The van der Waals surface area contributed by atoms with E-state index in [0.717, 1.165) is 12.8 Å². The highest BCUT2D eigenvalue weighted by molar-refractivity contribution is 5.24. The maximum atomic E-state index is 2.21. The Morgan fingerprint density at radius 2 is 1.17 bits per heavy atom. The van der Waals surface area contributed by atoms with Gasteiger partial charge in [0.25, 0.3) is 0 Å². The summed E-state index contributed by atoms with van der Waals surface area (Å²) in [5.74, 6) is 0. The predicted octanol–water partition coefficient (Wildman–Crippen LogP) is 3.22. The molecule has 0 unspecified atom stereocenters. The standard InChI is InChI=1S/C12H16/c1-3-5-11-7-9-12(6-4-2)10-8-11/h3-4,7-10H,5-6H2,1-2H3. The molecule has 0 fully saturated rings. The lowest BCUT2D eigenvalue weighted by Crippen LogP contribution is -1.86. The van der Waals surface area contributed by atoms with Crippen molar-refractivity contribution in [2.24, 2.45) is 0 Å². The van der Waals surface area contributed by atoms with Crippen LogP contribution in [0.5, 0.6) is 0 Å². The van der Waals surface area contributed by atoms with E-state index in [2.05, 4.69) is 51.0 Å². The van der Waals surface area contributed by atoms with Gasteiger partial charge in [-0.15, -0.1) is 0 Å². The second kappa shape index (κ2) is 4.97. The molecule has 0 atom stereocenters. The van der Waals surface area contributed by atoms with Crippen molar-refractivity contribution < 1.29 is 0 Å². The topological polar surface area (TPSA) is 0 Å². The Balaban J connectivity index is 2.58. The zero-order chi connectivity index (χ0) is 8.81. The molecule has 0 nitrogen and oxygen atoms in total. The Kier molecular flexibility index (Phi) is 3.86. The van der Waals surface area contributed by atoms with Gasteiger partial charge in [-0.25, -0.2) is 0 Å². The molecule has 1 rings (SSSR count). The third-order valence-corrected chi connectivity index (χ3v) is 1.90. The molecule has 0 spiro atoms. The summed E-state index contributed by atoms with van der Waals surface area (Å²) in [7, 11) is 0. The molecule has 0 bridgehead atoms. The van der Waals surface area contributed by atoms with Crippen LogP contribution < -0.4 is 0 Å². The van der Waals surface area contributed by atoms with E-state index in [-0.39, 0.29) is 0 Å². The van der Waals surface area contributed by atoms with Crippen molar-refractivity contribution in [3.05, 3.63) is 48.2 Å². The monoisotopic (exact) mass is 160 g/mol. The van der Waals surface area contributed by atoms with Crippen LogP contribution in [0, 0.1) is 12.8 Å². The van der Waals surface area contributed by atoms with E-state index < -0.39 is 0 Å². The van der Waals surface area contributed by atoms with E-state index in [4.69, 9.17) is 0 Å². The SMILES string of the molecule is C[CH]Cc1ccc(C[CH]C)cc1. The average Bonchev–Trinajstić information content (AvgIpc) is 2.09. The van der Waals surface area contributed by atoms with Crippen molar-refractivity contribution in [1.29, 1.82) is 0 Å². The van der Waals surface area contributed by atoms with Gasteiger partial charge in [-0.3, -0.25) is 0 Å². The first-order valence-corrected chi connectivity index (χ1v) is 4.50. The van der Waals surface area contributed by atoms with E-state index in [0.29, 0.717) is 0 Å². The molecule has 0 saturated heterocycles. The van der Waals surface area contributed by atoms with Gasteiger partial charge in [0.1, 0.15) is 0 Å². The summed E-state index contributed by atoms with van der Waals surface area (Å²) >= 11 is 0. The number of benzene rings is 1. The highest BCUT2D eigenvalue weighted by Gasteiger charge is 1.92. The Labute approximate surface area is 75.6 Å². The maximum absolute atomic E-state index is 2.21. The molecule has 12 heavy (non-hydrogen) atoms. The van der Waals surface area contributed by atoms with Crippen LogP contribution in [0.3, 0.4) is 0 Å². The molecule has 0 aliphatic heterocycles. The molecule has 0 saturated carbocycles. The fraction of sp³-hybridized carbons (Fsp3) is 0.333. The lowest BCUT2D eigenvalue weighted by Gasteiger charge is -2.00. The first kappa shape index (κ1) is 9.31. The lowest BCUT2D eigenvalue weighted by atomic mass is 10.1. The summed E-state index contributed by atoms with van der Waals surface area (Å²) in [5, 5.41) is 0. The van der Waals surface area contributed by atoms with Gasteiger partial charge in [0.15, 0.2) is 0 Å². The first-order chi connectivity index (χ1) is 5.86. The second-order valence-corrected chi connectivity index (χ2v) is 3.04. The molecule has 0 aliphatic carbocycles. The Bertz CT molecular complexity index is 183. The minimum absolute atomic E-state index is 1.08. The van der Waals surface area contributed by atoms with Gasteiger partial charge < -0.3 is 0 Å². The molecular formula is C12H16. The normalized spacial score (nSPS) is 10.2. The van der Waals surface area contributed by atoms with Crippen molar-refractivity contribution in [3.8, 4) is 0 Å². The van der Waals surface area contributed by atoms with Crippen LogP contribution in [-0.2, 0) is 12.8 Å². The van der Waals surface area contributed by atoms with Gasteiger partial charge in [0.05, 0.1) is 0 Å². The molecule has 1 aromatic carbocycles. The van der Waals surface area contributed by atoms with Crippen LogP contribution in [-0.4, -0.2) is 0 Å². The van der Waals surface area contributed by atoms with Crippen molar-refractivity contribution >= 4 is 0 Å². The van der Waals surface area contributed by atoms with Crippen LogP contribution in [0.25, 0.3) is 0 Å². The van der Waals surface area contributed by atoms with Gasteiger partial charge in [-0.2, -0.15) is 0 Å². The summed E-state index contributed by atoms with van der Waals surface area (Å²) in [6.45, 7) is 4.18.